The minimum atomic E-state index is -2.77. The van der Waals surface area contributed by atoms with Gasteiger partial charge in [0.05, 0.1) is 0 Å². The number of halogens is 2. The van der Waals surface area contributed by atoms with Crippen LogP contribution < -0.4 is 5.32 Å². The van der Waals surface area contributed by atoms with E-state index in [0.29, 0.717) is 11.4 Å². The molecule has 152 valence electrons. The second-order valence-electron chi connectivity index (χ2n) is 7.34. The lowest BCUT2D eigenvalue weighted by Crippen LogP contribution is -2.27. The fraction of sp³-hybridized carbons (Fsp3) is 0.238. The van der Waals surface area contributed by atoms with E-state index in [4.69, 9.17) is 9.15 Å². The molecule has 2 heterocycles. The number of amides is 1. The number of alkyl halides is 2. The minimum absolute atomic E-state index is 0.150. The Kier molecular flexibility index (Phi) is 5.54. The summed E-state index contributed by atoms with van der Waals surface area (Å²) in [7, 11) is 0. The van der Waals surface area contributed by atoms with E-state index in [1.807, 2.05) is 0 Å². The van der Waals surface area contributed by atoms with Gasteiger partial charge < -0.3 is 14.1 Å². The third kappa shape index (κ3) is 5.10. The summed E-state index contributed by atoms with van der Waals surface area (Å²) >= 11 is 0. The Labute approximate surface area is 165 Å². The highest BCUT2D eigenvalue weighted by Crippen LogP contribution is 2.25. The average molecular weight is 402 g/mol. The topological polar surface area (TPSA) is 84.3 Å². The van der Waals surface area contributed by atoms with Crippen LogP contribution in [0.15, 0.2) is 53.1 Å². The molecule has 0 unspecified atom stereocenters. The van der Waals surface area contributed by atoms with Gasteiger partial charge in [0.25, 0.3) is 6.43 Å². The molecule has 2 N–H and O–H groups in total. The van der Waals surface area contributed by atoms with Gasteiger partial charge in [0.15, 0.2) is 11.5 Å². The molecule has 0 atom stereocenters. The summed E-state index contributed by atoms with van der Waals surface area (Å²) < 4.78 is 35.3. The Morgan fingerprint density at radius 1 is 1.10 bits per heavy atom. The number of hydrogen-bond donors (Lipinski definition) is 2. The number of aromatic amines is 1. The Hall–Kier alpha value is -3.42. The van der Waals surface area contributed by atoms with E-state index in [9.17, 15) is 18.4 Å². The van der Waals surface area contributed by atoms with Crippen LogP contribution in [0.2, 0.25) is 0 Å². The standard InChI is InChI=1S/C21H20F2N2O4/c1-21(2,3)29-20(27)25-14-6-4-12(5-7-14)15-10-13(11-24-15)18(26)16-8-9-17(28-16)19(22)23/h4-11,19,24H,1-3H3,(H,25,27). The van der Waals surface area contributed by atoms with Crippen LogP contribution in [0.25, 0.3) is 11.3 Å². The molecule has 0 fully saturated rings. The van der Waals surface area contributed by atoms with E-state index in [1.54, 1.807) is 51.1 Å². The number of anilines is 1. The van der Waals surface area contributed by atoms with Crippen LogP contribution in [0.4, 0.5) is 19.3 Å². The predicted molar refractivity (Wildman–Crippen MR) is 103 cm³/mol. The number of aromatic nitrogens is 1. The van der Waals surface area contributed by atoms with Crippen molar-refractivity contribution < 1.29 is 27.5 Å². The molecule has 0 saturated heterocycles. The quantitative estimate of drug-likeness (QED) is 0.529. The number of H-pyrrole nitrogens is 1. The maximum atomic E-state index is 12.6. The molecule has 0 aliphatic heterocycles. The van der Waals surface area contributed by atoms with Crippen LogP contribution in [0.5, 0.6) is 0 Å². The zero-order chi connectivity index (χ0) is 21.2. The fourth-order valence-corrected chi connectivity index (χ4v) is 2.58. The molecule has 3 rings (SSSR count). The van der Waals surface area contributed by atoms with Crippen molar-refractivity contribution in [3.05, 3.63) is 65.7 Å². The van der Waals surface area contributed by atoms with Crippen molar-refractivity contribution in [2.75, 3.05) is 5.32 Å². The monoisotopic (exact) mass is 402 g/mol. The maximum absolute atomic E-state index is 12.6. The SMILES string of the molecule is CC(C)(C)OC(=O)Nc1ccc(-c2cc(C(=O)c3ccc(C(F)F)o3)c[nH]2)cc1. The molecule has 0 bridgehead atoms. The molecular formula is C21H20F2N2O4. The highest BCUT2D eigenvalue weighted by molar-refractivity contribution is 6.07. The molecule has 0 radical (unpaired) electrons. The van der Waals surface area contributed by atoms with Crippen molar-refractivity contribution in [2.45, 2.75) is 32.8 Å². The van der Waals surface area contributed by atoms with Gasteiger partial charge in [-0.25, -0.2) is 13.6 Å². The average Bonchev–Trinajstić information content (AvgIpc) is 3.30. The van der Waals surface area contributed by atoms with Crippen LogP contribution >= 0.6 is 0 Å². The molecule has 3 aromatic rings. The van der Waals surface area contributed by atoms with Gasteiger partial charge in [0.2, 0.25) is 5.78 Å². The van der Waals surface area contributed by atoms with E-state index >= 15 is 0 Å². The number of carbonyl (C=O) groups is 2. The molecule has 8 heteroatoms. The number of nitrogens with one attached hydrogen (secondary N) is 2. The summed E-state index contributed by atoms with van der Waals surface area (Å²) in [6, 6.07) is 10.8. The molecule has 2 aromatic heterocycles. The maximum Gasteiger partial charge on any atom is 0.412 e. The first-order valence-electron chi connectivity index (χ1n) is 8.84. The number of ketones is 1. The molecule has 1 amide bonds. The van der Waals surface area contributed by atoms with Gasteiger partial charge in [-0.05, 0) is 56.7 Å². The van der Waals surface area contributed by atoms with Crippen molar-refractivity contribution in [3.8, 4) is 11.3 Å². The predicted octanol–water partition coefficient (Wildman–Crippen LogP) is 5.79. The zero-order valence-electron chi connectivity index (χ0n) is 16.1. The summed E-state index contributed by atoms with van der Waals surface area (Å²) in [5.74, 6) is -1.19. The van der Waals surface area contributed by atoms with Gasteiger partial charge in [-0.2, -0.15) is 0 Å². The minimum Gasteiger partial charge on any atom is -0.452 e. The lowest BCUT2D eigenvalue weighted by molar-refractivity contribution is 0.0635. The smallest absolute Gasteiger partial charge is 0.412 e. The van der Waals surface area contributed by atoms with E-state index in [-0.39, 0.29) is 11.3 Å². The largest absolute Gasteiger partial charge is 0.452 e. The Morgan fingerprint density at radius 2 is 1.79 bits per heavy atom. The lowest BCUT2D eigenvalue weighted by atomic mass is 10.1. The van der Waals surface area contributed by atoms with Gasteiger partial charge in [-0.3, -0.25) is 10.1 Å². The van der Waals surface area contributed by atoms with Crippen LogP contribution in [-0.2, 0) is 4.74 Å². The summed E-state index contributed by atoms with van der Waals surface area (Å²) in [5, 5.41) is 2.63. The van der Waals surface area contributed by atoms with E-state index in [1.165, 1.54) is 12.3 Å². The van der Waals surface area contributed by atoms with Gasteiger partial charge in [-0.1, -0.05) is 12.1 Å². The van der Waals surface area contributed by atoms with Crippen LogP contribution in [0.1, 0.15) is 49.1 Å². The van der Waals surface area contributed by atoms with E-state index < -0.39 is 29.7 Å². The molecule has 1 aromatic carbocycles. The van der Waals surface area contributed by atoms with Crippen molar-refractivity contribution in [1.29, 1.82) is 0 Å². The zero-order valence-corrected chi connectivity index (χ0v) is 16.1. The summed E-state index contributed by atoms with van der Waals surface area (Å²) in [5.41, 5.74) is 1.66. The molecule has 0 aliphatic carbocycles. The molecule has 0 saturated carbocycles. The number of rotatable bonds is 5. The number of carbonyl (C=O) groups excluding carboxylic acids is 2. The Bertz CT molecular complexity index is 1010. The second kappa shape index (κ2) is 7.90. The third-order valence-corrected chi connectivity index (χ3v) is 3.85. The molecule has 0 aliphatic rings. The van der Waals surface area contributed by atoms with Crippen molar-refractivity contribution in [1.82, 2.24) is 4.98 Å². The Balaban J connectivity index is 1.70. The van der Waals surface area contributed by atoms with Gasteiger partial charge in [0.1, 0.15) is 5.60 Å². The summed E-state index contributed by atoms with van der Waals surface area (Å²) in [6.45, 7) is 5.32. The van der Waals surface area contributed by atoms with Crippen molar-refractivity contribution >= 4 is 17.6 Å². The van der Waals surface area contributed by atoms with Crippen molar-refractivity contribution in [2.24, 2.45) is 0 Å². The highest BCUT2D eigenvalue weighted by Gasteiger charge is 2.19. The number of furan rings is 1. The molecular weight excluding hydrogens is 382 g/mol. The molecule has 29 heavy (non-hydrogen) atoms. The van der Waals surface area contributed by atoms with Gasteiger partial charge >= 0.3 is 6.09 Å². The van der Waals surface area contributed by atoms with Crippen LogP contribution in [0.3, 0.4) is 0 Å². The Morgan fingerprint density at radius 3 is 2.38 bits per heavy atom. The highest BCUT2D eigenvalue weighted by atomic mass is 19.3. The van der Waals surface area contributed by atoms with Crippen LogP contribution in [0, 0.1) is 0 Å². The second-order valence-corrected chi connectivity index (χ2v) is 7.34. The summed E-state index contributed by atoms with van der Waals surface area (Å²) in [6.07, 6.45) is -1.85. The van der Waals surface area contributed by atoms with Crippen LogP contribution in [-0.4, -0.2) is 22.5 Å². The lowest BCUT2D eigenvalue weighted by Gasteiger charge is -2.19. The normalized spacial score (nSPS) is 11.5. The number of hydrogen-bond acceptors (Lipinski definition) is 4. The van der Waals surface area contributed by atoms with E-state index in [0.717, 1.165) is 11.6 Å². The first-order chi connectivity index (χ1) is 13.6. The van der Waals surface area contributed by atoms with Gasteiger partial charge in [-0.15, -0.1) is 0 Å². The van der Waals surface area contributed by atoms with E-state index in [2.05, 4.69) is 10.3 Å². The third-order valence-electron chi connectivity index (χ3n) is 3.85. The van der Waals surface area contributed by atoms with Crippen molar-refractivity contribution in [3.63, 3.8) is 0 Å². The summed E-state index contributed by atoms with van der Waals surface area (Å²) in [4.78, 5) is 27.2. The first-order valence-corrected chi connectivity index (χ1v) is 8.84. The number of benzene rings is 1. The fourth-order valence-electron chi connectivity index (χ4n) is 2.58. The first kappa shape index (κ1) is 20.3. The molecule has 0 spiro atoms. The number of ether oxygens (including phenoxy) is 1. The van der Waals surface area contributed by atoms with Gasteiger partial charge in [0, 0.05) is 23.1 Å². The molecule has 6 nitrogen and oxygen atoms in total.